The molecule has 0 bridgehead atoms. The van der Waals surface area contributed by atoms with Gasteiger partial charge in [0.05, 0.1) is 0 Å². The number of nitrogens with zero attached hydrogens (tertiary/aromatic N) is 1. The van der Waals surface area contributed by atoms with E-state index in [1.54, 1.807) is 13.1 Å². The fraction of sp³-hybridized carbons (Fsp3) is 0.350. The number of amidine groups is 1. The summed E-state index contributed by atoms with van der Waals surface area (Å²) in [5.74, 6) is 1.52. The predicted molar refractivity (Wildman–Crippen MR) is 109 cm³/mol. The van der Waals surface area contributed by atoms with Gasteiger partial charge >= 0.3 is 0 Å². The number of hydrogen-bond donors (Lipinski definition) is 4. The summed E-state index contributed by atoms with van der Waals surface area (Å²) in [4.78, 5) is 12.7. The second-order valence-electron chi connectivity index (χ2n) is 6.38. The number of carbonyl (C=O) groups is 1. The molecule has 6 nitrogen and oxygen atoms in total. The highest BCUT2D eigenvalue weighted by atomic mass is 16.3. The minimum Gasteiger partial charge on any atom is -0.483 e. The van der Waals surface area contributed by atoms with E-state index in [2.05, 4.69) is 30.7 Å². The van der Waals surface area contributed by atoms with Gasteiger partial charge in [0, 0.05) is 35.8 Å². The third kappa shape index (κ3) is 5.58. The van der Waals surface area contributed by atoms with Crippen molar-refractivity contribution in [1.29, 1.82) is 5.41 Å². The summed E-state index contributed by atoms with van der Waals surface area (Å²) in [5, 5.41) is 17.6. The SMILES string of the molecule is C=C(C(=NC)Nc1ccc(N)c(C=N)c1)C1=C(C)CC(C)CC1.O=CO. The van der Waals surface area contributed by atoms with Crippen LogP contribution in [0.15, 0.2) is 46.5 Å². The summed E-state index contributed by atoms with van der Waals surface area (Å²) in [5.41, 5.74) is 11.7. The maximum absolute atomic E-state index is 8.36. The fourth-order valence-corrected chi connectivity index (χ4v) is 3.08. The summed E-state index contributed by atoms with van der Waals surface area (Å²) < 4.78 is 0. The van der Waals surface area contributed by atoms with Crippen LogP contribution in [0, 0.1) is 11.3 Å². The predicted octanol–water partition coefficient (Wildman–Crippen LogP) is 4.10. The van der Waals surface area contributed by atoms with E-state index in [0.29, 0.717) is 11.3 Å². The van der Waals surface area contributed by atoms with Crippen molar-refractivity contribution < 1.29 is 9.90 Å². The molecule has 0 saturated carbocycles. The molecule has 0 aliphatic heterocycles. The van der Waals surface area contributed by atoms with Gasteiger partial charge in [0.25, 0.3) is 6.47 Å². The van der Waals surface area contributed by atoms with E-state index < -0.39 is 0 Å². The number of hydrogen-bond acceptors (Lipinski definition) is 4. The van der Waals surface area contributed by atoms with Crippen LogP contribution < -0.4 is 11.1 Å². The molecule has 1 aromatic carbocycles. The molecule has 0 heterocycles. The van der Waals surface area contributed by atoms with Crippen LogP contribution in [0.1, 0.15) is 38.7 Å². The van der Waals surface area contributed by atoms with Crippen LogP contribution in [0.5, 0.6) is 0 Å². The van der Waals surface area contributed by atoms with E-state index in [1.165, 1.54) is 23.8 Å². The normalized spacial score (nSPS) is 17.0. The topological polar surface area (TPSA) is 112 Å². The van der Waals surface area contributed by atoms with Crippen molar-refractivity contribution in [2.45, 2.75) is 33.1 Å². The lowest BCUT2D eigenvalue weighted by molar-refractivity contribution is -0.122. The molecule has 1 atom stereocenters. The highest BCUT2D eigenvalue weighted by Crippen LogP contribution is 2.33. The molecule has 0 saturated heterocycles. The first kappa shape index (κ1) is 21.2. The number of rotatable bonds is 4. The van der Waals surface area contributed by atoms with E-state index in [9.17, 15) is 0 Å². The van der Waals surface area contributed by atoms with Crippen molar-refractivity contribution in [3.63, 3.8) is 0 Å². The van der Waals surface area contributed by atoms with Gasteiger partial charge in [-0.25, -0.2) is 0 Å². The molecule has 0 aromatic heterocycles. The maximum atomic E-state index is 8.36. The van der Waals surface area contributed by atoms with Gasteiger partial charge in [-0.1, -0.05) is 19.1 Å². The quantitative estimate of drug-likeness (QED) is 0.281. The smallest absolute Gasteiger partial charge is 0.290 e. The lowest BCUT2D eigenvalue weighted by Crippen LogP contribution is -2.19. The molecule has 2 rings (SSSR count). The van der Waals surface area contributed by atoms with Gasteiger partial charge in [-0.3, -0.25) is 9.79 Å². The highest BCUT2D eigenvalue weighted by molar-refractivity contribution is 6.10. The molecule has 5 N–H and O–H groups in total. The monoisotopic (exact) mass is 356 g/mol. The molecular formula is C20H28N4O2. The largest absolute Gasteiger partial charge is 0.483 e. The average Bonchev–Trinajstić information content (AvgIpc) is 2.61. The molecule has 26 heavy (non-hydrogen) atoms. The van der Waals surface area contributed by atoms with Crippen molar-refractivity contribution in [2.24, 2.45) is 10.9 Å². The Bertz CT molecular complexity index is 735. The van der Waals surface area contributed by atoms with Gasteiger partial charge in [0.2, 0.25) is 0 Å². The molecule has 1 unspecified atom stereocenters. The van der Waals surface area contributed by atoms with Crippen LogP contribution in [0.3, 0.4) is 0 Å². The van der Waals surface area contributed by atoms with E-state index in [-0.39, 0.29) is 6.47 Å². The Hall–Kier alpha value is -2.89. The average molecular weight is 356 g/mol. The Kier molecular flexibility index (Phi) is 8.28. The van der Waals surface area contributed by atoms with E-state index >= 15 is 0 Å². The Balaban J connectivity index is 0.00000105. The second-order valence-corrected chi connectivity index (χ2v) is 6.38. The molecule has 1 aromatic rings. The summed E-state index contributed by atoms with van der Waals surface area (Å²) in [6.07, 6.45) is 4.64. The summed E-state index contributed by atoms with van der Waals surface area (Å²) in [6.45, 7) is 8.50. The van der Waals surface area contributed by atoms with Crippen molar-refractivity contribution in [1.82, 2.24) is 0 Å². The number of nitrogens with one attached hydrogen (secondary N) is 2. The summed E-state index contributed by atoms with van der Waals surface area (Å²) in [7, 11) is 1.77. The fourth-order valence-electron chi connectivity index (χ4n) is 3.08. The van der Waals surface area contributed by atoms with Crippen molar-refractivity contribution in [3.05, 3.63) is 47.1 Å². The lowest BCUT2D eigenvalue weighted by atomic mass is 9.82. The number of nitrogen functional groups attached to an aromatic ring is 1. The van der Waals surface area contributed by atoms with Gasteiger partial charge in [0.1, 0.15) is 5.84 Å². The molecule has 0 spiro atoms. The minimum absolute atomic E-state index is 0.250. The third-order valence-corrected chi connectivity index (χ3v) is 4.44. The molecule has 6 heteroatoms. The second kappa shape index (κ2) is 10.2. The Morgan fingerprint density at radius 3 is 2.69 bits per heavy atom. The first-order valence-corrected chi connectivity index (χ1v) is 8.47. The zero-order chi connectivity index (χ0) is 19.7. The zero-order valence-corrected chi connectivity index (χ0v) is 15.7. The van der Waals surface area contributed by atoms with Crippen LogP contribution in [-0.2, 0) is 4.79 Å². The summed E-state index contributed by atoms with van der Waals surface area (Å²) >= 11 is 0. The molecule has 1 aliphatic carbocycles. The van der Waals surface area contributed by atoms with Crippen molar-refractivity contribution in [3.8, 4) is 0 Å². The zero-order valence-electron chi connectivity index (χ0n) is 15.7. The first-order valence-electron chi connectivity index (χ1n) is 8.47. The number of aliphatic imine (C=N–C) groups is 1. The Morgan fingerprint density at radius 1 is 1.50 bits per heavy atom. The van der Waals surface area contributed by atoms with Gasteiger partial charge in [-0.2, -0.15) is 0 Å². The number of allylic oxidation sites excluding steroid dienone is 1. The molecule has 0 fully saturated rings. The Labute approximate surface area is 155 Å². The standard InChI is InChI=1S/C19H26N4.CH2O2/c1-12-5-7-17(13(2)9-12)14(3)19(22-4)23-16-6-8-18(21)15(10-16)11-20;2-1-3/h6,8,10-12,20H,3,5,7,9,21H2,1-2,4H3,(H,22,23);1H,(H,2,3). The third-order valence-electron chi connectivity index (χ3n) is 4.44. The van der Waals surface area contributed by atoms with E-state index in [4.69, 9.17) is 21.0 Å². The molecule has 0 radical (unpaired) electrons. The van der Waals surface area contributed by atoms with Gasteiger partial charge in [-0.05, 0) is 55.9 Å². The van der Waals surface area contributed by atoms with E-state index in [0.717, 1.165) is 35.9 Å². The molecule has 1 aliphatic rings. The number of nitrogens with two attached hydrogens (primary N) is 1. The van der Waals surface area contributed by atoms with Crippen LogP contribution >= 0.6 is 0 Å². The van der Waals surface area contributed by atoms with Crippen LogP contribution in [0.25, 0.3) is 0 Å². The van der Waals surface area contributed by atoms with Crippen LogP contribution in [-0.4, -0.2) is 30.7 Å². The number of anilines is 2. The highest BCUT2D eigenvalue weighted by Gasteiger charge is 2.19. The Morgan fingerprint density at radius 2 is 2.15 bits per heavy atom. The molecule has 0 amide bonds. The van der Waals surface area contributed by atoms with Gasteiger partial charge in [0.15, 0.2) is 0 Å². The van der Waals surface area contributed by atoms with Crippen molar-refractivity contribution >= 4 is 29.9 Å². The summed E-state index contributed by atoms with van der Waals surface area (Å²) in [6, 6.07) is 5.54. The first-order chi connectivity index (χ1) is 12.4. The van der Waals surface area contributed by atoms with Crippen molar-refractivity contribution in [2.75, 3.05) is 18.1 Å². The molecule has 140 valence electrons. The number of carboxylic acid groups (broad SMARTS) is 1. The van der Waals surface area contributed by atoms with E-state index in [1.807, 2.05) is 12.1 Å². The van der Waals surface area contributed by atoms with Crippen LogP contribution in [0.4, 0.5) is 11.4 Å². The molecular weight excluding hydrogens is 328 g/mol. The maximum Gasteiger partial charge on any atom is 0.290 e. The van der Waals surface area contributed by atoms with Crippen LogP contribution in [0.2, 0.25) is 0 Å². The van der Waals surface area contributed by atoms with Gasteiger partial charge < -0.3 is 21.6 Å². The van der Waals surface area contributed by atoms with Gasteiger partial charge in [-0.15, -0.1) is 0 Å². The lowest BCUT2D eigenvalue weighted by Gasteiger charge is -2.25. The number of benzene rings is 1. The minimum atomic E-state index is -0.250.